The van der Waals surface area contributed by atoms with Crippen molar-refractivity contribution in [1.82, 2.24) is 9.55 Å². The highest BCUT2D eigenvalue weighted by Gasteiger charge is 2.27. The molecule has 0 saturated carbocycles. The number of benzene rings is 2. The summed E-state index contributed by atoms with van der Waals surface area (Å²) >= 11 is 18.9. The molecule has 1 aliphatic rings. The van der Waals surface area contributed by atoms with Crippen molar-refractivity contribution < 1.29 is 5.21 Å². The van der Waals surface area contributed by atoms with Gasteiger partial charge in [0.15, 0.2) is 0 Å². The molecule has 0 saturated heterocycles. The van der Waals surface area contributed by atoms with Crippen LogP contribution in [0, 0.1) is 0 Å². The Labute approximate surface area is 166 Å². The van der Waals surface area contributed by atoms with Gasteiger partial charge in [-0.15, -0.1) is 0 Å². The number of halogens is 3. The van der Waals surface area contributed by atoms with Crippen LogP contribution in [0.2, 0.25) is 15.1 Å². The van der Waals surface area contributed by atoms with Crippen molar-refractivity contribution in [3.8, 4) is 0 Å². The molecule has 0 atom stereocenters. The highest BCUT2D eigenvalue weighted by Crippen LogP contribution is 2.40. The maximum absolute atomic E-state index is 10.3. The van der Waals surface area contributed by atoms with Crippen LogP contribution in [0.3, 0.4) is 0 Å². The lowest BCUT2D eigenvalue weighted by Crippen LogP contribution is -2.28. The molecule has 2 heterocycles. The zero-order chi connectivity index (χ0) is 18.4. The van der Waals surface area contributed by atoms with E-state index in [0.29, 0.717) is 32.8 Å². The second-order valence-electron chi connectivity index (χ2n) is 6.14. The predicted octanol–water partition coefficient (Wildman–Crippen LogP) is 5.75. The number of aryl methyl sites for hydroxylation is 1. The molecule has 8 heteroatoms. The van der Waals surface area contributed by atoms with E-state index in [2.05, 4.69) is 9.47 Å². The van der Waals surface area contributed by atoms with Crippen molar-refractivity contribution in [3.63, 3.8) is 0 Å². The number of hydrogen-bond acceptors (Lipinski definition) is 4. The summed E-state index contributed by atoms with van der Waals surface area (Å²) in [6.45, 7) is 3.92. The number of imidazole rings is 1. The lowest BCUT2D eigenvalue weighted by Gasteiger charge is -2.30. The molecule has 1 aliphatic heterocycles. The van der Waals surface area contributed by atoms with Crippen LogP contribution in [-0.4, -0.2) is 27.8 Å². The summed E-state index contributed by atoms with van der Waals surface area (Å²) in [7, 11) is 0. The molecule has 0 radical (unpaired) electrons. The standard InChI is InChI=1S/C18H17Cl3N4O/c1-2-25(26)15-7-5-12(20)16-17(15)24-9-3-8-23(18(24)22-16)14-6-4-11(19)10-13(14)21/h4-7,10,26H,2-3,8-9H2,1H3. The van der Waals surface area contributed by atoms with Gasteiger partial charge in [0.05, 0.1) is 26.9 Å². The molecule has 136 valence electrons. The van der Waals surface area contributed by atoms with Gasteiger partial charge in [-0.3, -0.25) is 10.3 Å². The molecule has 1 aromatic heterocycles. The van der Waals surface area contributed by atoms with E-state index in [0.717, 1.165) is 36.7 Å². The summed E-state index contributed by atoms with van der Waals surface area (Å²) in [6, 6.07) is 9.01. The van der Waals surface area contributed by atoms with Crippen LogP contribution >= 0.6 is 34.8 Å². The molecule has 0 amide bonds. The first-order valence-electron chi connectivity index (χ1n) is 8.39. The summed E-state index contributed by atoms with van der Waals surface area (Å²) in [4.78, 5) is 6.84. The number of anilines is 3. The van der Waals surface area contributed by atoms with Gasteiger partial charge >= 0.3 is 0 Å². The van der Waals surface area contributed by atoms with Gasteiger partial charge in [-0.05, 0) is 43.7 Å². The van der Waals surface area contributed by atoms with Gasteiger partial charge in [0.2, 0.25) is 5.95 Å². The fourth-order valence-electron chi connectivity index (χ4n) is 3.39. The fourth-order valence-corrected chi connectivity index (χ4v) is 4.09. The monoisotopic (exact) mass is 410 g/mol. The Balaban J connectivity index is 1.94. The first-order chi connectivity index (χ1) is 12.5. The molecule has 0 spiro atoms. The quantitative estimate of drug-likeness (QED) is 0.557. The van der Waals surface area contributed by atoms with Gasteiger partial charge in [0, 0.05) is 24.7 Å². The average Bonchev–Trinajstić information content (AvgIpc) is 3.02. The third-order valence-electron chi connectivity index (χ3n) is 4.59. The van der Waals surface area contributed by atoms with Crippen LogP contribution in [0.4, 0.5) is 17.3 Å². The van der Waals surface area contributed by atoms with Gasteiger partial charge in [-0.1, -0.05) is 34.8 Å². The number of aromatic nitrogens is 2. The highest BCUT2D eigenvalue weighted by molar-refractivity contribution is 6.36. The van der Waals surface area contributed by atoms with Crippen LogP contribution < -0.4 is 9.96 Å². The molecule has 4 rings (SSSR count). The molecule has 3 aromatic rings. The third kappa shape index (κ3) is 2.79. The van der Waals surface area contributed by atoms with Gasteiger partial charge < -0.3 is 9.47 Å². The minimum atomic E-state index is 0.462. The van der Waals surface area contributed by atoms with Crippen LogP contribution in [0.5, 0.6) is 0 Å². The van der Waals surface area contributed by atoms with Crippen molar-refractivity contribution in [3.05, 3.63) is 45.4 Å². The summed E-state index contributed by atoms with van der Waals surface area (Å²) in [5.74, 6) is 0.759. The normalized spacial score (nSPS) is 14.0. The largest absolute Gasteiger partial charge is 0.310 e. The van der Waals surface area contributed by atoms with Gasteiger partial charge in [0.25, 0.3) is 0 Å². The van der Waals surface area contributed by atoms with Crippen molar-refractivity contribution in [2.75, 3.05) is 23.1 Å². The number of rotatable bonds is 3. The van der Waals surface area contributed by atoms with Gasteiger partial charge in [0.1, 0.15) is 5.52 Å². The number of fused-ring (bicyclic) bond motifs is 3. The Morgan fingerprint density at radius 2 is 1.92 bits per heavy atom. The molecule has 0 fully saturated rings. The average molecular weight is 412 g/mol. The van der Waals surface area contributed by atoms with Gasteiger partial charge in [-0.2, -0.15) is 0 Å². The van der Waals surface area contributed by atoms with E-state index in [1.54, 1.807) is 12.1 Å². The lowest BCUT2D eigenvalue weighted by atomic mass is 10.2. The maximum Gasteiger partial charge on any atom is 0.211 e. The topological polar surface area (TPSA) is 44.5 Å². The van der Waals surface area contributed by atoms with Gasteiger partial charge in [-0.25, -0.2) is 4.98 Å². The molecule has 0 unspecified atom stereocenters. The van der Waals surface area contributed by atoms with E-state index in [4.69, 9.17) is 39.8 Å². The Bertz CT molecular complexity index is 988. The van der Waals surface area contributed by atoms with Crippen LogP contribution in [0.25, 0.3) is 11.0 Å². The van der Waals surface area contributed by atoms with E-state index in [1.807, 2.05) is 25.1 Å². The molecule has 0 aliphatic carbocycles. The predicted molar refractivity (Wildman–Crippen MR) is 108 cm³/mol. The summed E-state index contributed by atoms with van der Waals surface area (Å²) in [5, 5.41) is 13.2. The van der Waals surface area contributed by atoms with Crippen LogP contribution in [0.15, 0.2) is 30.3 Å². The smallest absolute Gasteiger partial charge is 0.211 e. The summed E-state index contributed by atoms with van der Waals surface area (Å²) < 4.78 is 2.09. The Morgan fingerprint density at radius 1 is 1.12 bits per heavy atom. The second kappa shape index (κ2) is 6.82. The molecule has 2 aromatic carbocycles. The molecule has 26 heavy (non-hydrogen) atoms. The maximum atomic E-state index is 10.3. The Morgan fingerprint density at radius 3 is 2.65 bits per heavy atom. The molecule has 0 bridgehead atoms. The van der Waals surface area contributed by atoms with E-state index in [9.17, 15) is 5.21 Å². The zero-order valence-corrected chi connectivity index (χ0v) is 16.4. The third-order valence-corrected chi connectivity index (χ3v) is 5.43. The Hall–Kier alpha value is -1.66. The minimum absolute atomic E-state index is 0.462. The lowest BCUT2D eigenvalue weighted by molar-refractivity contribution is 0.261. The first kappa shape index (κ1) is 17.7. The number of hydrogen-bond donors (Lipinski definition) is 1. The van der Waals surface area contributed by atoms with Crippen molar-refractivity contribution in [2.24, 2.45) is 0 Å². The summed E-state index contributed by atoms with van der Waals surface area (Å²) in [6.07, 6.45) is 0.918. The summed E-state index contributed by atoms with van der Waals surface area (Å²) in [5.41, 5.74) is 3.03. The van der Waals surface area contributed by atoms with E-state index in [-0.39, 0.29) is 0 Å². The van der Waals surface area contributed by atoms with Crippen molar-refractivity contribution >= 4 is 63.2 Å². The zero-order valence-electron chi connectivity index (χ0n) is 14.1. The SMILES string of the molecule is CCN(O)c1ccc(Cl)c2nc3n(c12)CCCN3c1ccc(Cl)cc1Cl. The highest BCUT2D eigenvalue weighted by atomic mass is 35.5. The molecular formula is C18H17Cl3N4O. The molecule has 1 N–H and O–H groups in total. The molecule has 5 nitrogen and oxygen atoms in total. The Kier molecular flexibility index (Phi) is 4.65. The minimum Gasteiger partial charge on any atom is -0.310 e. The number of hydroxylamine groups is 1. The first-order valence-corrected chi connectivity index (χ1v) is 9.52. The van der Waals surface area contributed by atoms with Crippen molar-refractivity contribution in [2.45, 2.75) is 19.9 Å². The number of nitrogens with zero attached hydrogens (tertiary/aromatic N) is 4. The molecular weight excluding hydrogens is 395 g/mol. The van der Waals surface area contributed by atoms with E-state index in [1.165, 1.54) is 5.06 Å². The van der Waals surface area contributed by atoms with Crippen LogP contribution in [0.1, 0.15) is 13.3 Å². The fraction of sp³-hybridized carbons (Fsp3) is 0.278. The van der Waals surface area contributed by atoms with Crippen LogP contribution in [-0.2, 0) is 6.54 Å². The second-order valence-corrected chi connectivity index (χ2v) is 7.39. The van der Waals surface area contributed by atoms with E-state index >= 15 is 0 Å². The van der Waals surface area contributed by atoms with E-state index < -0.39 is 0 Å². The van der Waals surface area contributed by atoms with Crippen molar-refractivity contribution in [1.29, 1.82) is 0 Å².